The van der Waals surface area contributed by atoms with Crippen molar-refractivity contribution in [2.24, 2.45) is 11.1 Å². The minimum Gasteiger partial charge on any atom is -0.383 e. The van der Waals surface area contributed by atoms with E-state index >= 15 is 0 Å². The van der Waals surface area contributed by atoms with Crippen LogP contribution in [0.2, 0.25) is 0 Å². The van der Waals surface area contributed by atoms with E-state index in [1.165, 1.54) is 0 Å². The number of para-hydroxylation sites is 1. The number of nitrogens with one attached hydrogen (secondary N) is 1. The molecular weight excluding hydrogens is 212 g/mol. The summed E-state index contributed by atoms with van der Waals surface area (Å²) in [7, 11) is 0. The molecule has 0 bridgehead atoms. The maximum atomic E-state index is 10.9. The van der Waals surface area contributed by atoms with Crippen LogP contribution >= 0.6 is 0 Å². The number of aromatic amines is 1. The molecule has 3 nitrogen and oxygen atoms in total. The number of rotatable bonds is 2. The summed E-state index contributed by atoms with van der Waals surface area (Å²) in [5.74, 6) is 0. The summed E-state index contributed by atoms with van der Waals surface area (Å²) < 4.78 is 0. The molecule has 92 valence electrons. The quantitative estimate of drug-likeness (QED) is 0.744. The lowest BCUT2D eigenvalue weighted by molar-refractivity contribution is -0.0544. The third kappa shape index (κ3) is 1.75. The van der Waals surface area contributed by atoms with Crippen molar-refractivity contribution in [1.29, 1.82) is 0 Å². The van der Waals surface area contributed by atoms with Gasteiger partial charge in [-0.05, 0) is 11.5 Å². The largest absolute Gasteiger partial charge is 0.383 e. The zero-order valence-corrected chi connectivity index (χ0v) is 10.6. The molecular formula is C14H20N2O. The summed E-state index contributed by atoms with van der Waals surface area (Å²) in [6.07, 6.45) is 1.86. The highest BCUT2D eigenvalue weighted by Crippen LogP contribution is 2.41. The topological polar surface area (TPSA) is 62.0 Å². The molecule has 0 aliphatic heterocycles. The Labute approximate surface area is 102 Å². The molecule has 0 spiro atoms. The predicted octanol–water partition coefficient (Wildman–Crippen LogP) is 2.36. The number of nitrogens with two attached hydrogens (primary N) is 1. The zero-order chi connectivity index (χ0) is 12.7. The number of fused-ring (bicyclic) bond motifs is 1. The van der Waals surface area contributed by atoms with Gasteiger partial charge in [-0.1, -0.05) is 39.0 Å². The highest BCUT2D eigenvalue weighted by Gasteiger charge is 2.41. The maximum Gasteiger partial charge on any atom is 0.109 e. The van der Waals surface area contributed by atoms with Crippen molar-refractivity contribution in [3.8, 4) is 0 Å². The smallest absolute Gasteiger partial charge is 0.109 e. The highest BCUT2D eigenvalue weighted by atomic mass is 16.3. The number of hydrogen-bond donors (Lipinski definition) is 3. The first-order chi connectivity index (χ1) is 7.90. The van der Waals surface area contributed by atoms with E-state index in [0.29, 0.717) is 0 Å². The summed E-state index contributed by atoms with van der Waals surface area (Å²) in [5, 5.41) is 11.9. The average Bonchev–Trinajstić information content (AvgIpc) is 2.70. The SMILES string of the molecule is CC(C)(C)C(O)(CN)c1c[nH]c2ccccc12. The van der Waals surface area contributed by atoms with Crippen LogP contribution in [-0.4, -0.2) is 16.6 Å². The van der Waals surface area contributed by atoms with Crippen molar-refractivity contribution >= 4 is 10.9 Å². The molecule has 4 N–H and O–H groups in total. The fraction of sp³-hybridized carbons (Fsp3) is 0.429. The lowest BCUT2D eigenvalue weighted by Crippen LogP contribution is -2.46. The monoisotopic (exact) mass is 232 g/mol. The van der Waals surface area contributed by atoms with Gasteiger partial charge < -0.3 is 15.8 Å². The molecule has 1 aromatic carbocycles. The second-order valence-electron chi connectivity index (χ2n) is 5.56. The fourth-order valence-corrected chi connectivity index (χ4v) is 2.23. The van der Waals surface area contributed by atoms with E-state index in [0.717, 1.165) is 16.5 Å². The van der Waals surface area contributed by atoms with Crippen molar-refractivity contribution in [2.45, 2.75) is 26.4 Å². The molecule has 1 heterocycles. The molecule has 2 aromatic rings. The molecule has 1 atom stereocenters. The normalized spacial score (nSPS) is 16.1. The molecule has 0 saturated heterocycles. The molecule has 0 radical (unpaired) electrons. The molecule has 2 rings (SSSR count). The Hall–Kier alpha value is -1.32. The standard InChI is InChI=1S/C14H20N2O/c1-13(2,3)14(17,9-15)11-8-16-12-7-5-4-6-10(11)12/h4-8,16-17H,9,15H2,1-3H3. The highest BCUT2D eigenvalue weighted by molar-refractivity contribution is 5.84. The number of H-pyrrole nitrogens is 1. The first-order valence-electron chi connectivity index (χ1n) is 5.89. The fourth-order valence-electron chi connectivity index (χ4n) is 2.23. The van der Waals surface area contributed by atoms with Gasteiger partial charge in [0.2, 0.25) is 0 Å². The molecule has 1 unspecified atom stereocenters. The molecule has 0 amide bonds. The Morgan fingerprint density at radius 3 is 2.47 bits per heavy atom. The van der Waals surface area contributed by atoms with E-state index in [2.05, 4.69) is 4.98 Å². The van der Waals surface area contributed by atoms with Gasteiger partial charge in [-0.3, -0.25) is 0 Å². The van der Waals surface area contributed by atoms with Crippen LogP contribution in [0.1, 0.15) is 26.3 Å². The average molecular weight is 232 g/mol. The molecule has 0 aliphatic rings. The van der Waals surface area contributed by atoms with Crippen LogP contribution in [0.25, 0.3) is 10.9 Å². The van der Waals surface area contributed by atoms with E-state index in [4.69, 9.17) is 5.73 Å². The first-order valence-corrected chi connectivity index (χ1v) is 5.89. The summed E-state index contributed by atoms with van der Waals surface area (Å²) in [6, 6.07) is 7.95. The Balaban J connectivity index is 2.66. The summed E-state index contributed by atoms with van der Waals surface area (Å²) in [4.78, 5) is 3.18. The van der Waals surface area contributed by atoms with Crippen LogP contribution < -0.4 is 5.73 Å². The zero-order valence-electron chi connectivity index (χ0n) is 10.6. The predicted molar refractivity (Wildman–Crippen MR) is 70.7 cm³/mol. The third-order valence-corrected chi connectivity index (χ3v) is 3.57. The number of hydrogen-bond acceptors (Lipinski definition) is 2. The van der Waals surface area contributed by atoms with Gasteiger partial charge in [0, 0.05) is 29.2 Å². The van der Waals surface area contributed by atoms with Crippen LogP contribution in [0.5, 0.6) is 0 Å². The Morgan fingerprint density at radius 2 is 1.88 bits per heavy atom. The second-order valence-corrected chi connectivity index (χ2v) is 5.56. The van der Waals surface area contributed by atoms with Crippen molar-refractivity contribution in [3.63, 3.8) is 0 Å². The van der Waals surface area contributed by atoms with Gasteiger partial charge >= 0.3 is 0 Å². The maximum absolute atomic E-state index is 10.9. The first kappa shape index (κ1) is 12.1. The minimum atomic E-state index is -1.02. The lowest BCUT2D eigenvalue weighted by atomic mass is 9.72. The van der Waals surface area contributed by atoms with E-state index in [1.807, 2.05) is 51.2 Å². The van der Waals surface area contributed by atoms with Gasteiger partial charge in [-0.25, -0.2) is 0 Å². The van der Waals surface area contributed by atoms with E-state index in [1.54, 1.807) is 0 Å². The van der Waals surface area contributed by atoms with E-state index in [9.17, 15) is 5.11 Å². The van der Waals surface area contributed by atoms with Gasteiger partial charge in [-0.15, -0.1) is 0 Å². The summed E-state index contributed by atoms with van der Waals surface area (Å²) >= 11 is 0. The van der Waals surface area contributed by atoms with Crippen LogP contribution in [0.4, 0.5) is 0 Å². The molecule has 17 heavy (non-hydrogen) atoms. The van der Waals surface area contributed by atoms with Gasteiger partial charge in [0.05, 0.1) is 0 Å². The molecule has 1 aromatic heterocycles. The second kappa shape index (κ2) is 3.86. The van der Waals surface area contributed by atoms with Crippen LogP contribution in [0, 0.1) is 5.41 Å². The van der Waals surface area contributed by atoms with Gasteiger partial charge in [0.25, 0.3) is 0 Å². The Morgan fingerprint density at radius 1 is 1.24 bits per heavy atom. The minimum absolute atomic E-state index is 0.207. The number of benzene rings is 1. The number of aromatic nitrogens is 1. The van der Waals surface area contributed by atoms with Crippen molar-refractivity contribution < 1.29 is 5.11 Å². The summed E-state index contributed by atoms with van der Waals surface area (Å²) in [6.45, 7) is 6.21. The van der Waals surface area contributed by atoms with Gasteiger partial charge in [0.15, 0.2) is 0 Å². The molecule has 3 heteroatoms. The third-order valence-electron chi connectivity index (χ3n) is 3.57. The Bertz CT molecular complexity index is 524. The Kier molecular flexibility index (Phi) is 2.76. The van der Waals surface area contributed by atoms with Crippen LogP contribution in [-0.2, 0) is 5.60 Å². The molecule has 0 fully saturated rings. The molecule has 0 saturated carbocycles. The van der Waals surface area contributed by atoms with Crippen LogP contribution in [0.3, 0.4) is 0 Å². The van der Waals surface area contributed by atoms with Crippen molar-refractivity contribution in [1.82, 2.24) is 4.98 Å². The van der Waals surface area contributed by atoms with Crippen LogP contribution in [0.15, 0.2) is 30.5 Å². The van der Waals surface area contributed by atoms with Gasteiger partial charge in [-0.2, -0.15) is 0 Å². The van der Waals surface area contributed by atoms with E-state index < -0.39 is 5.60 Å². The van der Waals surface area contributed by atoms with E-state index in [-0.39, 0.29) is 12.0 Å². The van der Waals surface area contributed by atoms with Gasteiger partial charge in [0.1, 0.15) is 5.60 Å². The lowest BCUT2D eigenvalue weighted by Gasteiger charge is -2.39. The van der Waals surface area contributed by atoms with Crippen molar-refractivity contribution in [2.75, 3.05) is 6.54 Å². The summed E-state index contributed by atoms with van der Waals surface area (Å²) in [5.41, 5.74) is 6.38. The number of aliphatic hydroxyl groups is 1. The molecule has 0 aliphatic carbocycles. The van der Waals surface area contributed by atoms with Crippen molar-refractivity contribution in [3.05, 3.63) is 36.0 Å².